The van der Waals surface area contributed by atoms with E-state index in [4.69, 9.17) is 9.47 Å². The monoisotopic (exact) mass is 329 g/mol. The van der Waals surface area contributed by atoms with Crippen LogP contribution in [0.3, 0.4) is 0 Å². The number of hydrogen-bond acceptors (Lipinski definition) is 4. The number of rotatable bonds is 5. The summed E-state index contributed by atoms with van der Waals surface area (Å²) in [5.74, 6) is 1.06. The lowest BCUT2D eigenvalue weighted by molar-refractivity contribution is -0.157. The van der Waals surface area contributed by atoms with Crippen LogP contribution < -0.4 is 4.74 Å². The highest BCUT2D eigenvalue weighted by Crippen LogP contribution is 2.53. The Morgan fingerprint density at radius 3 is 3.04 bits per heavy atom. The van der Waals surface area contributed by atoms with E-state index in [1.165, 1.54) is 17.5 Å². The van der Waals surface area contributed by atoms with Gasteiger partial charge in [0.15, 0.2) is 0 Å². The van der Waals surface area contributed by atoms with Gasteiger partial charge in [0.1, 0.15) is 5.75 Å². The van der Waals surface area contributed by atoms with Gasteiger partial charge in [0.2, 0.25) is 0 Å². The van der Waals surface area contributed by atoms with E-state index >= 15 is 0 Å². The van der Waals surface area contributed by atoms with E-state index in [0.717, 1.165) is 44.6 Å². The molecule has 3 heterocycles. The maximum Gasteiger partial charge on any atom is 0.313 e. The summed E-state index contributed by atoms with van der Waals surface area (Å²) in [5.41, 5.74) is 2.37. The third kappa shape index (κ3) is 2.34. The van der Waals surface area contributed by atoms with E-state index in [1.54, 1.807) is 0 Å². The van der Waals surface area contributed by atoms with E-state index in [1.807, 2.05) is 6.92 Å². The summed E-state index contributed by atoms with van der Waals surface area (Å²) in [6.45, 7) is 6.25. The Balaban J connectivity index is 1.55. The molecule has 3 atom stereocenters. The number of carbonyl (C=O) groups is 1. The van der Waals surface area contributed by atoms with Gasteiger partial charge in [-0.15, -0.1) is 0 Å². The number of nitrogens with zero attached hydrogens (tertiary/aromatic N) is 1. The predicted molar refractivity (Wildman–Crippen MR) is 92.0 cm³/mol. The van der Waals surface area contributed by atoms with E-state index in [9.17, 15) is 4.79 Å². The van der Waals surface area contributed by atoms with Gasteiger partial charge < -0.3 is 9.47 Å². The molecule has 4 heteroatoms. The van der Waals surface area contributed by atoms with Crippen LogP contribution in [-0.2, 0) is 22.5 Å². The summed E-state index contributed by atoms with van der Waals surface area (Å²) < 4.78 is 11.1. The first kappa shape index (κ1) is 15.9. The summed E-state index contributed by atoms with van der Waals surface area (Å²) in [6.07, 6.45) is 5.17. The standard InChI is InChI=1S/C20H27NO3/c1-3-20(19(22)23-4-2)12-16-6-8-18(20)21(16)13-14-5-7-17-15(11-14)9-10-24-17/h5,7,11,16,18H,3-4,6,8-10,12-13H2,1-2H3/t16-,18+,20+/m0/s1. The Morgan fingerprint density at radius 1 is 1.38 bits per heavy atom. The van der Waals surface area contributed by atoms with Crippen molar-refractivity contribution in [2.75, 3.05) is 13.2 Å². The SMILES string of the molecule is CCOC(=O)[C@]1(CC)C[C@@H]2CC[C@H]1N2Cc1ccc2c(c1)CCO2. The second-order valence-electron chi connectivity index (χ2n) is 7.39. The van der Waals surface area contributed by atoms with Gasteiger partial charge in [0.25, 0.3) is 0 Å². The van der Waals surface area contributed by atoms with E-state index in [0.29, 0.717) is 18.7 Å². The number of ether oxygens (including phenoxy) is 2. The largest absolute Gasteiger partial charge is 0.493 e. The normalized spacial score (nSPS) is 31.1. The van der Waals surface area contributed by atoms with Crippen LogP contribution in [0.15, 0.2) is 18.2 Å². The molecule has 4 nitrogen and oxygen atoms in total. The lowest BCUT2D eigenvalue weighted by atomic mass is 9.72. The highest BCUT2D eigenvalue weighted by atomic mass is 16.5. The molecule has 2 fully saturated rings. The van der Waals surface area contributed by atoms with Crippen molar-refractivity contribution < 1.29 is 14.3 Å². The highest BCUT2D eigenvalue weighted by Gasteiger charge is 2.59. The molecule has 4 rings (SSSR count). The number of hydrogen-bond donors (Lipinski definition) is 0. The molecule has 24 heavy (non-hydrogen) atoms. The highest BCUT2D eigenvalue weighted by molar-refractivity contribution is 5.78. The zero-order valence-electron chi connectivity index (χ0n) is 14.7. The van der Waals surface area contributed by atoms with Crippen LogP contribution in [0.5, 0.6) is 5.75 Å². The second kappa shape index (κ2) is 6.07. The van der Waals surface area contributed by atoms with Gasteiger partial charge in [-0.2, -0.15) is 0 Å². The van der Waals surface area contributed by atoms with Crippen molar-refractivity contribution >= 4 is 5.97 Å². The molecule has 1 aromatic rings. The molecule has 0 aliphatic carbocycles. The number of esters is 1. The molecular weight excluding hydrogens is 302 g/mol. The summed E-state index contributed by atoms with van der Waals surface area (Å²) in [6, 6.07) is 7.42. The van der Waals surface area contributed by atoms with Crippen molar-refractivity contribution in [2.24, 2.45) is 5.41 Å². The average Bonchev–Trinajstić information content (AvgIpc) is 3.28. The minimum absolute atomic E-state index is 0.0204. The molecule has 2 bridgehead atoms. The van der Waals surface area contributed by atoms with Crippen LogP contribution in [0.25, 0.3) is 0 Å². The fourth-order valence-corrected chi connectivity index (χ4v) is 5.11. The number of fused-ring (bicyclic) bond motifs is 3. The lowest BCUT2D eigenvalue weighted by Gasteiger charge is -2.34. The molecular formula is C20H27NO3. The van der Waals surface area contributed by atoms with Crippen LogP contribution in [0, 0.1) is 5.41 Å². The molecule has 0 unspecified atom stereocenters. The Bertz CT molecular complexity index is 644. The Labute approximate surface area is 144 Å². The molecule has 0 spiro atoms. The summed E-state index contributed by atoms with van der Waals surface area (Å²) in [7, 11) is 0. The topological polar surface area (TPSA) is 38.8 Å². The number of carbonyl (C=O) groups excluding carboxylic acids is 1. The summed E-state index contributed by atoms with van der Waals surface area (Å²) in [5, 5.41) is 0. The van der Waals surface area contributed by atoms with Gasteiger partial charge in [-0.3, -0.25) is 9.69 Å². The molecule has 0 N–H and O–H groups in total. The van der Waals surface area contributed by atoms with Crippen LogP contribution in [0.4, 0.5) is 0 Å². The first-order valence-electron chi connectivity index (χ1n) is 9.35. The van der Waals surface area contributed by atoms with Crippen molar-refractivity contribution in [2.45, 2.75) is 64.6 Å². The van der Waals surface area contributed by atoms with Gasteiger partial charge in [-0.25, -0.2) is 0 Å². The third-order valence-electron chi connectivity index (χ3n) is 6.31. The molecule has 2 saturated heterocycles. The zero-order valence-corrected chi connectivity index (χ0v) is 14.7. The summed E-state index contributed by atoms with van der Waals surface area (Å²) in [4.78, 5) is 15.2. The zero-order chi connectivity index (χ0) is 16.7. The molecule has 1 aromatic carbocycles. The van der Waals surface area contributed by atoms with Crippen molar-refractivity contribution in [1.82, 2.24) is 4.90 Å². The van der Waals surface area contributed by atoms with Crippen LogP contribution in [0.1, 0.15) is 50.7 Å². The summed E-state index contributed by atoms with van der Waals surface area (Å²) >= 11 is 0. The first-order valence-corrected chi connectivity index (χ1v) is 9.35. The van der Waals surface area contributed by atoms with Gasteiger partial charge in [-0.1, -0.05) is 19.1 Å². The van der Waals surface area contributed by atoms with Gasteiger partial charge >= 0.3 is 5.97 Å². The second-order valence-corrected chi connectivity index (χ2v) is 7.39. The molecule has 3 aliphatic rings. The van der Waals surface area contributed by atoms with Crippen LogP contribution in [0.2, 0.25) is 0 Å². The lowest BCUT2D eigenvalue weighted by Crippen LogP contribution is -2.43. The minimum Gasteiger partial charge on any atom is -0.493 e. The maximum absolute atomic E-state index is 12.7. The Kier molecular flexibility index (Phi) is 4.03. The molecule has 0 radical (unpaired) electrons. The molecule has 0 amide bonds. The fourth-order valence-electron chi connectivity index (χ4n) is 5.11. The quantitative estimate of drug-likeness (QED) is 0.777. The number of benzene rings is 1. The fraction of sp³-hybridized carbons (Fsp3) is 0.650. The Hall–Kier alpha value is -1.55. The van der Waals surface area contributed by atoms with Crippen molar-refractivity contribution in [3.05, 3.63) is 29.3 Å². The first-order chi connectivity index (χ1) is 11.7. The maximum atomic E-state index is 12.7. The molecule has 3 aliphatic heterocycles. The smallest absolute Gasteiger partial charge is 0.313 e. The molecule has 0 saturated carbocycles. The van der Waals surface area contributed by atoms with Gasteiger partial charge in [0.05, 0.1) is 18.6 Å². The van der Waals surface area contributed by atoms with Gasteiger partial charge in [0, 0.05) is 25.0 Å². The van der Waals surface area contributed by atoms with E-state index in [-0.39, 0.29) is 11.4 Å². The van der Waals surface area contributed by atoms with Crippen LogP contribution in [-0.4, -0.2) is 36.2 Å². The molecule has 130 valence electrons. The predicted octanol–water partition coefficient (Wildman–Crippen LogP) is 3.32. The van der Waals surface area contributed by atoms with Crippen molar-refractivity contribution in [3.63, 3.8) is 0 Å². The van der Waals surface area contributed by atoms with Gasteiger partial charge in [-0.05, 0) is 49.8 Å². The van der Waals surface area contributed by atoms with Crippen molar-refractivity contribution in [1.29, 1.82) is 0 Å². The van der Waals surface area contributed by atoms with E-state index < -0.39 is 0 Å². The van der Waals surface area contributed by atoms with Crippen molar-refractivity contribution in [3.8, 4) is 5.75 Å². The van der Waals surface area contributed by atoms with E-state index in [2.05, 4.69) is 30.0 Å². The molecule has 0 aromatic heterocycles. The minimum atomic E-state index is -0.293. The third-order valence-corrected chi connectivity index (χ3v) is 6.31. The van der Waals surface area contributed by atoms with Crippen LogP contribution >= 0.6 is 0 Å². The average molecular weight is 329 g/mol. The Morgan fingerprint density at radius 2 is 2.25 bits per heavy atom.